The summed E-state index contributed by atoms with van der Waals surface area (Å²) in [6, 6.07) is 6.01. The third-order valence-corrected chi connectivity index (χ3v) is 5.57. The van der Waals surface area contributed by atoms with Gasteiger partial charge in [0.25, 0.3) is 0 Å². The molecule has 11 heteroatoms. The summed E-state index contributed by atoms with van der Waals surface area (Å²) < 4.78 is 46.4. The second-order valence-corrected chi connectivity index (χ2v) is 8.01. The predicted molar refractivity (Wildman–Crippen MR) is 106 cm³/mol. The van der Waals surface area contributed by atoms with E-state index in [-0.39, 0.29) is 12.5 Å². The van der Waals surface area contributed by atoms with Crippen molar-refractivity contribution in [2.24, 2.45) is 5.92 Å². The summed E-state index contributed by atoms with van der Waals surface area (Å²) >= 11 is 1.64. The van der Waals surface area contributed by atoms with E-state index in [0.29, 0.717) is 32.2 Å². The van der Waals surface area contributed by atoms with Gasteiger partial charge in [0.1, 0.15) is 5.67 Å². The maximum Gasteiger partial charge on any atom is 0.490 e. The zero-order valence-corrected chi connectivity index (χ0v) is 17.2. The van der Waals surface area contributed by atoms with Crippen LogP contribution in [0.5, 0.6) is 0 Å². The molecule has 2 aromatic rings. The van der Waals surface area contributed by atoms with Crippen LogP contribution in [0.3, 0.4) is 0 Å². The summed E-state index contributed by atoms with van der Waals surface area (Å²) in [6.45, 7) is 0.816. The van der Waals surface area contributed by atoms with Gasteiger partial charge in [-0.25, -0.2) is 9.18 Å². The van der Waals surface area contributed by atoms with E-state index in [4.69, 9.17) is 15.0 Å². The quantitative estimate of drug-likeness (QED) is 0.546. The molecule has 2 aromatic heterocycles. The Morgan fingerprint density at radius 2 is 1.84 bits per heavy atom. The number of thiophene rings is 1. The number of carboxylic acids is 2. The van der Waals surface area contributed by atoms with Gasteiger partial charge in [-0.15, -0.1) is 0 Å². The number of pyridine rings is 1. The number of hydrogen-bond acceptors (Lipinski definition) is 5. The fourth-order valence-corrected chi connectivity index (χ4v) is 3.75. The van der Waals surface area contributed by atoms with Crippen molar-refractivity contribution in [2.45, 2.75) is 44.1 Å². The third-order valence-electron chi connectivity index (χ3n) is 4.89. The van der Waals surface area contributed by atoms with E-state index >= 15 is 0 Å². The van der Waals surface area contributed by atoms with Crippen molar-refractivity contribution >= 4 is 23.3 Å². The normalized spacial score (nSPS) is 21.1. The van der Waals surface area contributed by atoms with Crippen molar-refractivity contribution in [2.75, 3.05) is 6.54 Å². The lowest BCUT2D eigenvalue weighted by atomic mass is 9.80. The predicted octanol–water partition coefficient (Wildman–Crippen LogP) is 4.52. The summed E-state index contributed by atoms with van der Waals surface area (Å²) in [6.07, 6.45) is -1.81. The molecule has 6 nitrogen and oxygen atoms in total. The molecule has 3 N–H and O–H groups in total. The number of aromatic nitrogens is 1. The highest BCUT2D eigenvalue weighted by atomic mass is 32.1. The van der Waals surface area contributed by atoms with Gasteiger partial charge < -0.3 is 15.5 Å². The molecule has 1 fully saturated rings. The Balaban J connectivity index is 0.000000423. The molecule has 31 heavy (non-hydrogen) atoms. The van der Waals surface area contributed by atoms with Crippen molar-refractivity contribution in [3.05, 3.63) is 40.7 Å². The number of nitrogens with one attached hydrogen (secondary N) is 1. The van der Waals surface area contributed by atoms with Gasteiger partial charge in [0.2, 0.25) is 0 Å². The maximum atomic E-state index is 14.7. The van der Waals surface area contributed by atoms with E-state index < -0.39 is 23.8 Å². The van der Waals surface area contributed by atoms with Gasteiger partial charge in [-0.2, -0.15) is 24.5 Å². The lowest BCUT2D eigenvalue weighted by Crippen LogP contribution is -2.40. The molecule has 1 aliphatic carbocycles. The fourth-order valence-electron chi connectivity index (χ4n) is 3.10. The number of carbonyl (C=O) groups is 2. The van der Waals surface area contributed by atoms with Crippen LogP contribution >= 0.6 is 11.3 Å². The molecule has 0 bridgehead atoms. The monoisotopic (exact) mass is 462 g/mol. The first kappa shape index (κ1) is 24.7. The van der Waals surface area contributed by atoms with Crippen molar-refractivity contribution in [3.63, 3.8) is 0 Å². The maximum absolute atomic E-state index is 14.7. The van der Waals surface area contributed by atoms with Gasteiger partial charge in [-0.1, -0.05) is 6.07 Å². The second kappa shape index (κ2) is 10.7. The number of nitrogens with zero attached hydrogens (tertiary/aromatic N) is 1. The smallest absolute Gasteiger partial charge is 0.481 e. The van der Waals surface area contributed by atoms with E-state index in [0.717, 1.165) is 16.8 Å². The number of aliphatic carboxylic acids is 2. The first-order valence-electron chi connectivity index (χ1n) is 9.40. The molecule has 0 atom stereocenters. The van der Waals surface area contributed by atoms with Gasteiger partial charge >= 0.3 is 18.1 Å². The average Bonchev–Trinajstić information content (AvgIpc) is 3.23. The summed E-state index contributed by atoms with van der Waals surface area (Å²) in [5.41, 5.74) is 1.76. The van der Waals surface area contributed by atoms with Crippen LogP contribution in [-0.4, -0.2) is 45.5 Å². The van der Waals surface area contributed by atoms with Crippen molar-refractivity contribution < 1.29 is 37.4 Å². The highest BCUT2D eigenvalue weighted by Crippen LogP contribution is 2.34. The number of rotatable bonds is 6. The fraction of sp³-hybridized carbons (Fsp3) is 0.450. The Morgan fingerprint density at radius 3 is 2.29 bits per heavy atom. The summed E-state index contributed by atoms with van der Waals surface area (Å²) in [5.74, 6) is -3.95. The molecule has 3 rings (SSSR count). The first-order valence-corrected chi connectivity index (χ1v) is 10.3. The number of carboxylic acid groups (broad SMARTS) is 2. The number of hydrogen-bond donors (Lipinski definition) is 3. The molecule has 1 aliphatic rings. The van der Waals surface area contributed by atoms with Crippen molar-refractivity contribution in [3.8, 4) is 11.3 Å². The van der Waals surface area contributed by atoms with Gasteiger partial charge in [0.05, 0.1) is 11.6 Å². The van der Waals surface area contributed by atoms with E-state index in [1.807, 2.05) is 29.8 Å². The standard InChI is InChI=1S/C18H21FN2O2S.C2HF3O2/c19-18(6-3-14(4-7-18)17(22)23)12-20-9-13-1-2-16(21-10-13)15-5-8-24-11-15;3-2(4,5)1(6)7/h1-2,5,8,10-11,14,20H,3-4,6-7,9,12H2,(H,22,23);(H,6,7). The van der Waals surface area contributed by atoms with Crippen LogP contribution in [-0.2, 0) is 16.1 Å². The average molecular weight is 462 g/mol. The van der Waals surface area contributed by atoms with Crippen LogP contribution in [0.25, 0.3) is 11.3 Å². The van der Waals surface area contributed by atoms with Crippen molar-refractivity contribution in [1.29, 1.82) is 0 Å². The third kappa shape index (κ3) is 7.91. The minimum atomic E-state index is -5.08. The van der Waals surface area contributed by atoms with Crippen molar-refractivity contribution in [1.82, 2.24) is 10.3 Å². The Hall–Kier alpha value is -2.53. The topological polar surface area (TPSA) is 99.5 Å². The minimum Gasteiger partial charge on any atom is -0.481 e. The number of alkyl halides is 4. The molecule has 0 spiro atoms. The van der Waals surface area contributed by atoms with Gasteiger partial charge in [0.15, 0.2) is 0 Å². The van der Waals surface area contributed by atoms with Crippen LogP contribution in [0.2, 0.25) is 0 Å². The van der Waals surface area contributed by atoms with Crippen LogP contribution < -0.4 is 5.32 Å². The Kier molecular flexibility index (Phi) is 8.52. The summed E-state index contributed by atoms with van der Waals surface area (Å²) in [4.78, 5) is 24.3. The van der Waals surface area contributed by atoms with Gasteiger partial charge in [-0.3, -0.25) is 9.78 Å². The Morgan fingerprint density at radius 1 is 1.19 bits per heavy atom. The minimum absolute atomic E-state index is 0.256. The lowest BCUT2D eigenvalue weighted by molar-refractivity contribution is -0.192. The Bertz CT molecular complexity index is 849. The molecule has 170 valence electrons. The van der Waals surface area contributed by atoms with Crippen LogP contribution in [0.15, 0.2) is 35.2 Å². The van der Waals surface area contributed by atoms with Crippen LogP contribution in [0, 0.1) is 5.92 Å². The molecule has 1 saturated carbocycles. The molecule has 0 radical (unpaired) electrons. The van der Waals surface area contributed by atoms with Gasteiger partial charge in [0, 0.05) is 30.2 Å². The molecule has 0 amide bonds. The Labute approximate surface area is 179 Å². The van der Waals surface area contributed by atoms with E-state index in [2.05, 4.69) is 15.7 Å². The molecule has 0 aliphatic heterocycles. The van der Waals surface area contributed by atoms with E-state index in [9.17, 15) is 22.4 Å². The van der Waals surface area contributed by atoms with E-state index in [1.165, 1.54) is 0 Å². The molecule has 0 unspecified atom stereocenters. The molecular weight excluding hydrogens is 440 g/mol. The van der Waals surface area contributed by atoms with E-state index in [1.54, 1.807) is 11.3 Å². The molecular formula is C20H22F4N2O4S. The van der Waals surface area contributed by atoms with Crippen LogP contribution in [0.4, 0.5) is 17.6 Å². The highest BCUT2D eigenvalue weighted by Gasteiger charge is 2.38. The molecule has 0 aromatic carbocycles. The molecule has 0 saturated heterocycles. The first-order chi connectivity index (χ1) is 14.5. The summed E-state index contributed by atoms with van der Waals surface area (Å²) in [7, 11) is 0. The lowest BCUT2D eigenvalue weighted by Gasteiger charge is -2.32. The number of halogens is 4. The highest BCUT2D eigenvalue weighted by molar-refractivity contribution is 7.08. The SMILES string of the molecule is O=C(O)C(F)(F)F.O=C(O)C1CCC(F)(CNCc2ccc(-c3ccsc3)nc2)CC1. The zero-order valence-electron chi connectivity index (χ0n) is 16.4. The van der Waals surface area contributed by atoms with Gasteiger partial charge in [-0.05, 0) is 48.8 Å². The zero-order chi connectivity index (χ0) is 23.1. The second-order valence-electron chi connectivity index (χ2n) is 7.23. The largest absolute Gasteiger partial charge is 0.490 e. The van der Waals surface area contributed by atoms with Crippen LogP contribution in [0.1, 0.15) is 31.2 Å². The molecule has 2 heterocycles. The summed E-state index contributed by atoms with van der Waals surface area (Å²) in [5, 5.41) is 23.3.